The van der Waals surface area contributed by atoms with Crippen LogP contribution in [0.3, 0.4) is 0 Å². The molecule has 0 saturated heterocycles. The first kappa shape index (κ1) is 18.7. The minimum absolute atomic E-state index is 0.501. The highest BCUT2D eigenvalue weighted by molar-refractivity contribution is 5.79. The van der Waals surface area contributed by atoms with Crippen LogP contribution in [0.15, 0.2) is 52.4 Å². The molecule has 0 aliphatic heterocycles. The molecule has 0 bridgehead atoms. The van der Waals surface area contributed by atoms with Crippen LogP contribution in [-0.4, -0.2) is 27.0 Å². The van der Waals surface area contributed by atoms with E-state index in [0.717, 1.165) is 36.1 Å². The van der Waals surface area contributed by atoms with Crippen molar-refractivity contribution in [1.29, 1.82) is 0 Å². The van der Waals surface area contributed by atoms with Gasteiger partial charge in [0.05, 0.1) is 25.1 Å². The average molecular weight is 366 g/mol. The highest BCUT2D eigenvalue weighted by Gasteiger charge is 2.06. The van der Waals surface area contributed by atoms with Crippen LogP contribution < -0.4 is 10.6 Å². The van der Waals surface area contributed by atoms with Crippen LogP contribution in [0.25, 0.3) is 0 Å². The highest BCUT2D eigenvalue weighted by Crippen LogP contribution is 2.09. The number of rotatable bonds is 7. The third-order valence-corrected chi connectivity index (χ3v) is 4.16. The van der Waals surface area contributed by atoms with Gasteiger partial charge in [-0.25, -0.2) is 15.0 Å². The topological polar surface area (TPSA) is 80.3 Å². The molecular formula is C20H26N6O. The van der Waals surface area contributed by atoms with Gasteiger partial charge in [0.2, 0.25) is 5.89 Å². The number of nitrogens with zero attached hydrogens (tertiary/aromatic N) is 4. The third-order valence-electron chi connectivity index (χ3n) is 4.16. The number of hydrogen-bond acceptors (Lipinski definition) is 4. The average Bonchev–Trinajstić information content (AvgIpc) is 3.28. The fourth-order valence-corrected chi connectivity index (χ4v) is 2.70. The van der Waals surface area contributed by atoms with Crippen LogP contribution in [0.4, 0.5) is 0 Å². The summed E-state index contributed by atoms with van der Waals surface area (Å²) >= 11 is 0. The summed E-state index contributed by atoms with van der Waals surface area (Å²) in [7, 11) is 0. The Bertz CT molecular complexity index is 862. The van der Waals surface area contributed by atoms with Gasteiger partial charge < -0.3 is 19.6 Å². The van der Waals surface area contributed by atoms with Gasteiger partial charge in [-0.05, 0) is 31.9 Å². The van der Waals surface area contributed by atoms with E-state index in [1.807, 2.05) is 37.9 Å². The van der Waals surface area contributed by atoms with Crippen molar-refractivity contribution in [2.24, 2.45) is 4.99 Å². The molecular weight excluding hydrogens is 340 g/mol. The Kier molecular flexibility index (Phi) is 6.25. The van der Waals surface area contributed by atoms with Gasteiger partial charge in [-0.1, -0.05) is 24.3 Å². The molecule has 0 fully saturated rings. The Balaban J connectivity index is 1.62. The Morgan fingerprint density at radius 2 is 2.07 bits per heavy atom. The zero-order valence-electron chi connectivity index (χ0n) is 16.1. The molecule has 27 heavy (non-hydrogen) atoms. The van der Waals surface area contributed by atoms with Gasteiger partial charge in [0, 0.05) is 25.5 Å². The Labute approximate surface area is 159 Å². The number of aromatic nitrogens is 3. The van der Waals surface area contributed by atoms with E-state index in [4.69, 9.17) is 4.42 Å². The van der Waals surface area contributed by atoms with E-state index in [9.17, 15) is 0 Å². The molecule has 7 nitrogen and oxygen atoms in total. The van der Waals surface area contributed by atoms with Gasteiger partial charge in [-0.2, -0.15) is 0 Å². The predicted molar refractivity (Wildman–Crippen MR) is 105 cm³/mol. The zero-order valence-corrected chi connectivity index (χ0v) is 16.1. The van der Waals surface area contributed by atoms with Crippen LogP contribution >= 0.6 is 0 Å². The molecule has 2 aromatic heterocycles. The van der Waals surface area contributed by atoms with Crippen LogP contribution in [0.1, 0.15) is 35.4 Å². The monoisotopic (exact) mass is 366 g/mol. The molecule has 0 aliphatic rings. The van der Waals surface area contributed by atoms with Crippen molar-refractivity contribution >= 4 is 5.96 Å². The molecule has 0 aliphatic carbocycles. The lowest BCUT2D eigenvalue weighted by Gasteiger charge is -2.10. The van der Waals surface area contributed by atoms with Crippen LogP contribution in [0, 0.1) is 13.8 Å². The maximum Gasteiger partial charge on any atom is 0.214 e. The Morgan fingerprint density at radius 1 is 1.22 bits per heavy atom. The quantitative estimate of drug-likeness (QED) is 0.496. The third kappa shape index (κ3) is 5.44. The van der Waals surface area contributed by atoms with E-state index in [1.54, 1.807) is 6.20 Å². The predicted octanol–water partition coefficient (Wildman–Crippen LogP) is 2.79. The van der Waals surface area contributed by atoms with E-state index >= 15 is 0 Å². The molecule has 0 atom stereocenters. The number of imidazole rings is 1. The first-order valence-electron chi connectivity index (χ1n) is 9.12. The lowest BCUT2D eigenvalue weighted by molar-refractivity contribution is 0.463. The maximum absolute atomic E-state index is 5.61. The normalized spacial score (nSPS) is 11.6. The van der Waals surface area contributed by atoms with Crippen molar-refractivity contribution in [3.8, 4) is 0 Å². The molecule has 1 aromatic carbocycles. The lowest BCUT2D eigenvalue weighted by atomic mass is 10.1. The summed E-state index contributed by atoms with van der Waals surface area (Å²) in [6.07, 6.45) is 5.58. The van der Waals surface area contributed by atoms with Crippen molar-refractivity contribution in [2.45, 2.75) is 40.4 Å². The first-order chi connectivity index (χ1) is 13.1. The number of oxazole rings is 1. The van der Waals surface area contributed by atoms with Crippen LogP contribution in [0.2, 0.25) is 0 Å². The molecule has 0 unspecified atom stereocenters. The summed E-state index contributed by atoms with van der Waals surface area (Å²) in [5.41, 5.74) is 3.31. The van der Waals surface area contributed by atoms with Crippen molar-refractivity contribution < 1.29 is 4.42 Å². The van der Waals surface area contributed by atoms with E-state index in [-0.39, 0.29) is 0 Å². The molecule has 0 amide bonds. The Morgan fingerprint density at radius 3 is 2.78 bits per heavy atom. The smallest absolute Gasteiger partial charge is 0.214 e. The molecule has 2 heterocycles. The first-order valence-corrected chi connectivity index (χ1v) is 9.12. The Hall–Kier alpha value is -3.09. The molecule has 7 heteroatoms. The van der Waals surface area contributed by atoms with Crippen molar-refractivity contribution in [2.75, 3.05) is 6.54 Å². The van der Waals surface area contributed by atoms with Crippen molar-refractivity contribution in [3.63, 3.8) is 0 Å². The molecule has 2 N–H and O–H groups in total. The summed E-state index contributed by atoms with van der Waals surface area (Å²) in [6.45, 7) is 8.59. The molecule has 3 aromatic rings. The standard InChI is InChI=1S/C20H26N6O/c1-4-22-20(24-12-19-25-15(2)16(3)27-19)23-11-17-6-5-7-18(10-17)13-26-9-8-21-14-26/h5-10,14H,4,11-13H2,1-3H3,(H2,22,23,24). The summed E-state index contributed by atoms with van der Waals surface area (Å²) in [4.78, 5) is 13.1. The fraction of sp³-hybridized carbons (Fsp3) is 0.350. The van der Waals surface area contributed by atoms with Crippen molar-refractivity contribution in [3.05, 3.63) is 71.5 Å². The molecule has 0 radical (unpaired) electrons. The highest BCUT2D eigenvalue weighted by atomic mass is 16.4. The summed E-state index contributed by atoms with van der Waals surface area (Å²) in [6, 6.07) is 8.44. The second-order valence-electron chi connectivity index (χ2n) is 6.35. The largest absolute Gasteiger partial charge is 0.444 e. The molecule has 142 valence electrons. The minimum Gasteiger partial charge on any atom is -0.444 e. The molecule has 3 rings (SSSR count). The van der Waals surface area contributed by atoms with Crippen molar-refractivity contribution in [1.82, 2.24) is 25.2 Å². The van der Waals surface area contributed by atoms with E-state index in [2.05, 4.69) is 49.9 Å². The van der Waals surface area contributed by atoms with Gasteiger partial charge >= 0.3 is 0 Å². The molecule has 0 saturated carbocycles. The SMILES string of the molecule is CCNC(=NCc1cccc(Cn2ccnc2)c1)NCc1nc(C)c(C)o1. The second kappa shape index (κ2) is 9.02. The summed E-state index contributed by atoms with van der Waals surface area (Å²) in [5, 5.41) is 6.52. The lowest BCUT2D eigenvalue weighted by Crippen LogP contribution is -2.36. The van der Waals surface area contributed by atoms with E-state index < -0.39 is 0 Å². The van der Waals surface area contributed by atoms with E-state index in [1.165, 1.54) is 5.56 Å². The number of aryl methyl sites for hydroxylation is 2. The number of hydrogen-bond donors (Lipinski definition) is 2. The van der Waals surface area contributed by atoms with Gasteiger partial charge in [-0.3, -0.25) is 0 Å². The maximum atomic E-state index is 5.61. The second-order valence-corrected chi connectivity index (χ2v) is 6.35. The summed E-state index contributed by atoms with van der Waals surface area (Å²) in [5.74, 6) is 2.26. The number of guanidine groups is 1. The van der Waals surface area contributed by atoms with Gasteiger partial charge in [0.25, 0.3) is 0 Å². The number of nitrogens with one attached hydrogen (secondary N) is 2. The molecule has 0 spiro atoms. The number of benzene rings is 1. The minimum atomic E-state index is 0.501. The summed E-state index contributed by atoms with van der Waals surface area (Å²) < 4.78 is 7.66. The fourth-order valence-electron chi connectivity index (χ4n) is 2.70. The van der Waals surface area contributed by atoms with Gasteiger partial charge in [-0.15, -0.1) is 0 Å². The van der Waals surface area contributed by atoms with Crippen LogP contribution in [-0.2, 0) is 19.6 Å². The van der Waals surface area contributed by atoms with E-state index in [0.29, 0.717) is 19.0 Å². The van der Waals surface area contributed by atoms with Gasteiger partial charge in [0.15, 0.2) is 5.96 Å². The number of aliphatic imine (C=N–C) groups is 1. The van der Waals surface area contributed by atoms with Crippen LogP contribution in [0.5, 0.6) is 0 Å². The van der Waals surface area contributed by atoms with Gasteiger partial charge in [0.1, 0.15) is 5.76 Å². The zero-order chi connectivity index (χ0) is 19.1.